The first-order valence-electron chi connectivity index (χ1n) is 9.79. The van der Waals surface area contributed by atoms with Gasteiger partial charge in [0, 0.05) is 30.6 Å². The summed E-state index contributed by atoms with van der Waals surface area (Å²) in [6, 6.07) is 5.47. The molecule has 0 aliphatic carbocycles. The van der Waals surface area contributed by atoms with Crippen molar-refractivity contribution in [3.8, 4) is 17.4 Å². The lowest BCUT2D eigenvalue weighted by molar-refractivity contribution is -0.136. The van der Waals surface area contributed by atoms with E-state index in [0.29, 0.717) is 28.1 Å². The maximum atomic E-state index is 13.0. The van der Waals surface area contributed by atoms with Crippen LogP contribution in [0.2, 0.25) is 0 Å². The minimum absolute atomic E-state index is 0.0726. The second-order valence-corrected chi connectivity index (χ2v) is 9.67. The van der Waals surface area contributed by atoms with E-state index in [4.69, 9.17) is 9.47 Å². The van der Waals surface area contributed by atoms with Gasteiger partial charge >= 0.3 is 5.97 Å². The van der Waals surface area contributed by atoms with Crippen molar-refractivity contribution in [1.82, 2.24) is 24.3 Å². The maximum absolute atomic E-state index is 13.0. The summed E-state index contributed by atoms with van der Waals surface area (Å²) >= 11 is 0. The molecule has 2 aromatic heterocycles. The van der Waals surface area contributed by atoms with Crippen LogP contribution in [0.4, 0.5) is 0 Å². The summed E-state index contributed by atoms with van der Waals surface area (Å²) in [5.74, 6) is -0.484. The Morgan fingerprint density at radius 3 is 2.62 bits per heavy atom. The van der Waals surface area contributed by atoms with E-state index < -0.39 is 16.0 Å². The fourth-order valence-corrected chi connectivity index (χ4v) is 5.55. The average molecular weight is 461 g/mol. The van der Waals surface area contributed by atoms with E-state index in [1.165, 1.54) is 16.4 Å². The van der Waals surface area contributed by atoms with Crippen LogP contribution >= 0.6 is 0 Å². The zero-order chi connectivity index (χ0) is 22.6. The summed E-state index contributed by atoms with van der Waals surface area (Å²) in [6.07, 6.45) is -0.282. The van der Waals surface area contributed by atoms with Crippen molar-refractivity contribution in [3.63, 3.8) is 0 Å². The predicted molar refractivity (Wildman–Crippen MR) is 108 cm³/mol. The van der Waals surface area contributed by atoms with Crippen LogP contribution in [-0.2, 0) is 21.2 Å². The predicted octanol–water partition coefficient (Wildman–Crippen LogP) is 0.769. The van der Waals surface area contributed by atoms with E-state index in [1.807, 2.05) is 6.92 Å². The molecule has 0 radical (unpaired) electrons. The maximum Gasteiger partial charge on any atom is 0.309 e. The van der Waals surface area contributed by atoms with Gasteiger partial charge in [-0.15, -0.1) is 10.2 Å². The highest BCUT2D eigenvalue weighted by Gasteiger charge is 2.40. The number of aromatic nitrogens is 4. The number of benzene rings is 1. The molecule has 168 valence electrons. The second-order valence-electron chi connectivity index (χ2n) is 7.78. The Balaban J connectivity index is 1.54. The third kappa shape index (κ3) is 3.29. The van der Waals surface area contributed by atoms with Crippen molar-refractivity contribution in [1.29, 1.82) is 0 Å². The molecule has 12 nitrogen and oxygen atoms in total. The summed E-state index contributed by atoms with van der Waals surface area (Å²) in [5.41, 5.74) is 1.01. The summed E-state index contributed by atoms with van der Waals surface area (Å²) in [4.78, 5) is 11.4. The zero-order valence-corrected chi connectivity index (χ0v) is 17.7. The van der Waals surface area contributed by atoms with Crippen LogP contribution in [0.15, 0.2) is 29.3 Å². The van der Waals surface area contributed by atoms with Crippen molar-refractivity contribution in [2.24, 2.45) is 5.92 Å². The Morgan fingerprint density at radius 1 is 1.19 bits per heavy atom. The number of fused-ring (bicyclic) bond motifs is 2. The molecule has 3 aromatic rings. The van der Waals surface area contributed by atoms with Crippen molar-refractivity contribution in [2.45, 2.75) is 24.4 Å². The minimum Gasteiger partial charge on any atom is -0.492 e. The normalized spacial score (nSPS) is 20.8. The molecule has 2 atom stereocenters. The number of hydrogen-bond acceptors (Lipinski definition) is 9. The lowest BCUT2D eigenvalue weighted by Crippen LogP contribution is -2.30. The molecule has 2 aliphatic rings. The van der Waals surface area contributed by atoms with Gasteiger partial charge in [-0.3, -0.25) is 9.48 Å². The molecule has 4 heterocycles. The number of carbonyl (C=O) groups is 1. The molecule has 1 fully saturated rings. The molecule has 5 rings (SSSR count). The molecule has 0 spiro atoms. The Bertz CT molecular complexity index is 1320. The van der Waals surface area contributed by atoms with Crippen LogP contribution < -0.4 is 9.47 Å². The van der Waals surface area contributed by atoms with Gasteiger partial charge in [0.05, 0.1) is 23.7 Å². The molecule has 0 saturated carbocycles. The molecule has 2 N–H and O–H groups in total. The number of carboxylic acids is 1. The van der Waals surface area contributed by atoms with Crippen LogP contribution in [0.3, 0.4) is 0 Å². The molecule has 1 aromatic carbocycles. The lowest BCUT2D eigenvalue weighted by atomic mass is 10.1. The fraction of sp³-hybridized carbons (Fsp3) is 0.368. The number of aliphatic carboxylic acids is 1. The fourth-order valence-electron chi connectivity index (χ4n) is 4.12. The first-order valence-corrected chi connectivity index (χ1v) is 11.2. The van der Waals surface area contributed by atoms with Crippen molar-refractivity contribution in [3.05, 3.63) is 30.0 Å². The highest BCUT2D eigenvalue weighted by molar-refractivity contribution is 7.89. The first kappa shape index (κ1) is 20.5. The Labute approximate surface area is 182 Å². The van der Waals surface area contributed by atoms with E-state index in [1.54, 1.807) is 16.8 Å². The minimum atomic E-state index is -3.94. The van der Waals surface area contributed by atoms with Gasteiger partial charge in [0.25, 0.3) is 10.0 Å². The number of aromatic hydroxyl groups is 1. The monoisotopic (exact) mass is 461 g/mol. The number of rotatable bonds is 5. The molecular weight excluding hydrogens is 442 g/mol. The van der Waals surface area contributed by atoms with Gasteiger partial charge in [-0.2, -0.15) is 9.40 Å². The number of nitrogens with zero attached hydrogens (tertiary/aromatic N) is 5. The summed E-state index contributed by atoms with van der Waals surface area (Å²) in [7, 11) is -3.94. The van der Waals surface area contributed by atoms with Crippen molar-refractivity contribution < 1.29 is 32.9 Å². The summed E-state index contributed by atoms with van der Waals surface area (Å²) < 4.78 is 39.9. The SMILES string of the molecule is C[C@@H]1CN(S(=O)(=O)c2ccc(O)nn2)C[C@@H]1n1nc(CC(=O)O)c2cc3c(cc21)OCO3. The number of sulfonamides is 1. The molecule has 0 bridgehead atoms. The summed E-state index contributed by atoms with van der Waals surface area (Å²) in [6.45, 7) is 2.31. The van der Waals surface area contributed by atoms with Crippen LogP contribution in [0, 0.1) is 5.92 Å². The number of carboxylic acid groups (broad SMARTS) is 1. The Kier molecular flexibility index (Phi) is 4.67. The van der Waals surface area contributed by atoms with Crippen LogP contribution in [0.1, 0.15) is 18.7 Å². The van der Waals surface area contributed by atoms with Gasteiger partial charge in [-0.25, -0.2) is 8.42 Å². The molecule has 0 amide bonds. The van der Waals surface area contributed by atoms with Crippen LogP contribution in [0.5, 0.6) is 17.4 Å². The van der Waals surface area contributed by atoms with Gasteiger partial charge in [-0.1, -0.05) is 6.92 Å². The van der Waals surface area contributed by atoms with Gasteiger partial charge in [0.15, 0.2) is 16.5 Å². The molecule has 13 heteroatoms. The number of ether oxygens (including phenoxy) is 2. The van der Waals surface area contributed by atoms with Gasteiger partial charge < -0.3 is 19.7 Å². The third-order valence-electron chi connectivity index (χ3n) is 5.68. The topological polar surface area (TPSA) is 157 Å². The highest BCUT2D eigenvalue weighted by Crippen LogP contribution is 2.40. The van der Waals surface area contributed by atoms with E-state index in [-0.39, 0.29) is 49.2 Å². The first-order chi connectivity index (χ1) is 15.2. The number of hydrogen-bond donors (Lipinski definition) is 2. The van der Waals surface area contributed by atoms with E-state index in [0.717, 1.165) is 0 Å². The van der Waals surface area contributed by atoms with Crippen LogP contribution in [-0.4, -0.2) is 68.8 Å². The Hall–Kier alpha value is -3.45. The lowest BCUT2D eigenvalue weighted by Gasteiger charge is -2.17. The molecule has 1 saturated heterocycles. The zero-order valence-electron chi connectivity index (χ0n) is 16.9. The van der Waals surface area contributed by atoms with Gasteiger partial charge in [0.2, 0.25) is 12.7 Å². The quantitative estimate of drug-likeness (QED) is 0.556. The summed E-state index contributed by atoms with van der Waals surface area (Å²) in [5, 5.41) is 30.5. The molecule has 2 aliphatic heterocycles. The van der Waals surface area contributed by atoms with E-state index in [2.05, 4.69) is 15.3 Å². The molecule has 32 heavy (non-hydrogen) atoms. The molecule has 0 unspecified atom stereocenters. The standard InChI is InChI=1S/C19H19N5O7S/c1-10-7-23(32(28,29)18-3-2-17(25)20-21-18)8-14(10)24-13-6-16-15(30-9-31-16)4-11(13)12(22-24)5-19(26)27/h2-4,6,10,14H,5,7-9H2,1H3,(H,20,25)(H,26,27)/t10-,14+/m1/s1. The Morgan fingerprint density at radius 2 is 1.94 bits per heavy atom. The van der Waals surface area contributed by atoms with Crippen LogP contribution in [0.25, 0.3) is 10.9 Å². The van der Waals surface area contributed by atoms with Gasteiger partial charge in [0.1, 0.15) is 0 Å². The smallest absolute Gasteiger partial charge is 0.309 e. The molecular formula is C19H19N5O7S. The largest absolute Gasteiger partial charge is 0.492 e. The van der Waals surface area contributed by atoms with Crippen molar-refractivity contribution >= 4 is 26.9 Å². The van der Waals surface area contributed by atoms with Gasteiger partial charge in [-0.05, 0) is 18.1 Å². The van der Waals surface area contributed by atoms with Crippen molar-refractivity contribution in [2.75, 3.05) is 19.9 Å². The highest BCUT2D eigenvalue weighted by atomic mass is 32.2. The van der Waals surface area contributed by atoms with E-state index >= 15 is 0 Å². The average Bonchev–Trinajstić information content (AvgIpc) is 3.44. The second kappa shape index (κ2) is 7.31. The third-order valence-corrected chi connectivity index (χ3v) is 7.40. The van der Waals surface area contributed by atoms with E-state index in [9.17, 15) is 23.4 Å².